The van der Waals surface area contributed by atoms with Crippen molar-refractivity contribution in [1.82, 2.24) is 0 Å². The number of esters is 1. The topological polar surface area (TPSA) is 46.5 Å². The van der Waals surface area contributed by atoms with E-state index in [1.165, 1.54) is 0 Å². The summed E-state index contributed by atoms with van der Waals surface area (Å²) in [5.74, 6) is 0.168. The summed E-state index contributed by atoms with van der Waals surface area (Å²) in [6.45, 7) is 5.11. The third-order valence-electron chi connectivity index (χ3n) is 2.35. The van der Waals surface area contributed by atoms with Gasteiger partial charge in [-0.2, -0.15) is 0 Å². The maximum Gasteiger partial charge on any atom is 0.338 e. The van der Waals surface area contributed by atoms with Gasteiger partial charge in [-0.3, -0.25) is 0 Å². The van der Waals surface area contributed by atoms with E-state index in [4.69, 9.17) is 4.74 Å². The fourth-order valence-electron chi connectivity index (χ4n) is 1.47. The number of aromatic hydroxyl groups is 1. The number of carbonyl (C=O) groups excluding carboxylic acids is 1. The molecule has 17 heavy (non-hydrogen) atoms. The second kappa shape index (κ2) is 4.29. The van der Waals surface area contributed by atoms with Crippen molar-refractivity contribution in [3.05, 3.63) is 48.6 Å². The van der Waals surface area contributed by atoms with E-state index in [1.807, 2.05) is 6.07 Å². The van der Waals surface area contributed by atoms with Crippen LogP contribution in [0.15, 0.2) is 48.6 Å². The Morgan fingerprint density at radius 1 is 1.18 bits per heavy atom. The molecule has 1 N–H and O–H groups in total. The lowest BCUT2D eigenvalue weighted by molar-refractivity contribution is -0.130. The lowest BCUT2D eigenvalue weighted by atomic mass is 10.1. The molecule has 0 saturated carbocycles. The first kappa shape index (κ1) is 11.2. The van der Waals surface area contributed by atoms with E-state index in [0.29, 0.717) is 11.3 Å². The normalized spacial score (nSPS) is 10.2. The van der Waals surface area contributed by atoms with Crippen molar-refractivity contribution in [3.8, 4) is 11.5 Å². The molecule has 86 valence electrons. The number of benzene rings is 2. The molecular formula is C14H12O3. The molecule has 0 radical (unpaired) electrons. The smallest absolute Gasteiger partial charge is 0.338 e. The average molecular weight is 228 g/mol. The molecule has 3 nitrogen and oxygen atoms in total. The summed E-state index contributed by atoms with van der Waals surface area (Å²) >= 11 is 0. The van der Waals surface area contributed by atoms with Gasteiger partial charge in [0.05, 0.1) is 0 Å². The van der Waals surface area contributed by atoms with Gasteiger partial charge in [0.1, 0.15) is 11.5 Å². The number of phenolic OH excluding ortho intramolecular Hbond substituents is 1. The van der Waals surface area contributed by atoms with Crippen molar-refractivity contribution in [2.45, 2.75) is 6.92 Å². The van der Waals surface area contributed by atoms with Crippen molar-refractivity contribution in [2.24, 2.45) is 0 Å². The van der Waals surface area contributed by atoms with Crippen LogP contribution in [0, 0.1) is 0 Å². The molecule has 0 spiro atoms. The van der Waals surface area contributed by atoms with E-state index < -0.39 is 5.97 Å². The number of carbonyl (C=O) groups is 1. The van der Waals surface area contributed by atoms with Crippen molar-refractivity contribution >= 4 is 16.7 Å². The fourth-order valence-corrected chi connectivity index (χ4v) is 1.47. The summed E-state index contributed by atoms with van der Waals surface area (Å²) < 4.78 is 5.10. The summed E-state index contributed by atoms with van der Waals surface area (Å²) in [6.07, 6.45) is 0. The second-order valence-corrected chi connectivity index (χ2v) is 3.86. The Bertz CT molecular complexity index is 599. The van der Waals surface area contributed by atoms with Gasteiger partial charge in [0.2, 0.25) is 0 Å². The zero-order valence-corrected chi connectivity index (χ0v) is 9.43. The lowest BCUT2D eigenvalue weighted by Crippen LogP contribution is -2.07. The Labute approximate surface area is 99.0 Å². The molecule has 0 aromatic heterocycles. The fraction of sp³-hybridized carbons (Fsp3) is 0.0714. The highest BCUT2D eigenvalue weighted by atomic mass is 16.5. The van der Waals surface area contributed by atoms with Crippen molar-refractivity contribution in [1.29, 1.82) is 0 Å². The van der Waals surface area contributed by atoms with Crippen molar-refractivity contribution < 1.29 is 14.6 Å². The third-order valence-corrected chi connectivity index (χ3v) is 2.35. The van der Waals surface area contributed by atoms with Crippen LogP contribution in [0.25, 0.3) is 10.8 Å². The van der Waals surface area contributed by atoms with Crippen LogP contribution < -0.4 is 4.74 Å². The minimum Gasteiger partial charge on any atom is -0.508 e. The highest BCUT2D eigenvalue weighted by Gasteiger charge is 2.05. The molecule has 0 aliphatic rings. The number of hydrogen-bond acceptors (Lipinski definition) is 3. The molecule has 0 aliphatic carbocycles. The van der Waals surface area contributed by atoms with Gasteiger partial charge in [-0.1, -0.05) is 18.7 Å². The summed E-state index contributed by atoms with van der Waals surface area (Å²) in [7, 11) is 0. The Kier molecular flexibility index (Phi) is 2.83. The van der Waals surface area contributed by atoms with Gasteiger partial charge in [-0.25, -0.2) is 4.79 Å². The molecule has 3 heteroatoms. The van der Waals surface area contributed by atoms with Crippen LogP contribution in [0.3, 0.4) is 0 Å². The monoisotopic (exact) mass is 228 g/mol. The van der Waals surface area contributed by atoms with E-state index in [-0.39, 0.29) is 5.75 Å². The Morgan fingerprint density at radius 2 is 1.88 bits per heavy atom. The van der Waals surface area contributed by atoms with Crippen LogP contribution in [-0.4, -0.2) is 11.1 Å². The van der Waals surface area contributed by atoms with Gasteiger partial charge >= 0.3 is 5.97 Å². The molecule has 0 unspecified atom stereocenters. The van der Waals surface area contributed by atoms with Gasteiger partial charge in [0.15, 0.2) is 0 Å². The van der Waals surface area contributed by atoms with Gasteiger partial charge in [-0.15, -0.1) is 0 Å². The Hall–Kier alpha value is -2.29. The van der Waals surface area contributed by atoms with Crippen LogP contribution in [0.5, 0.6) is 11.5 Å². The first-order valence-corrected chi connectivity index (χ1v) is 5.17. The summed E-state index contributed by atoms with van der Waals surface area (Å²) in [4.78, 5) is 11.3. The molecule has 0 bridgehead atoms. The quantitative estimate of drug-likeness (QED) is 0.488. The molecule has 0 fully saturated rings. The number of fused-ring (bicyclic) bond motifs is 1. The molecule has 2 aromatic carbocycles. The van der Waals surface area contributed by atoms with E-state index in [0.717, 1.165) is 10.8 Å². The van der Waals surface area contributed by atoms with Crippen LogP contribution >= 0.6 is 0 Å². The predicted octanol–water partition coefficient (Wildman–Crippen LogP) is 3.03. The summed E-state index contributed by atoms with van der Waals surface area (Å²) in [6, 6.07) is 10.3. The predicted molar refractivity (Wildman–Crippen MR) is 66.1 cm³/mol. The maximum atomic E-state index is 11.3. The van der Waals surface area contributed by atoms with E-state index >= 15 is 0 Å². The highest BCUT2D eigenvalue weighted by molar-refractivity contribution is 5.90. The first-order valence-electron chi connectivity index (χ1n) is 5.17. The SMILES string of the molecule is C=C(C)C(=O)Oc1ccc2ccc(O)cc2c1. The van der Waals surface area contributed by atoms with Gasteiger partial charge in [0, 0.05) is 5.57 Å². The Morgan fingerprint density at radius 3 is 2.59 bits per heavy atom. The van der Waals surface area contributed by atoms with Crippen LogP contribution in [0.4, 0.5) is 0 Å². The minimum absolute atomic E-state index is 0.181. The zero-order valence-electron chi connectivity index (χ0n) is 9.43. The average Bonchev–Trinajstić information content (AvgIpc) is 2.28. The van der Waals surface area contributed by atoms with Crippen LogP contribution in [-0.2, 0) is 4.79 Å². The molecule has 0 amide bonds. The second-order valence-electron chi connectivity index (χ2n) is 3.86. The van der Waals surface area contributed by atoms with Gasteiger partial charge < -0.3 is 9.84 Å². The van der Waals surface area contributed by atoms with E-state index in [9.17, 15) is 9.90 Å². The van der Waals surface area contributed by atoms with Crippen LogP contribution in [0.1, 0.15) is 6.92 Å². The molecule has 0 heterocycles. The molecule has 2 aromatic rings. The molecule has 2 rings (SSSR count). The first-order chi connectivity index (χ1) is 8.06. The van der Waals surface area contributed by atoms with Gasteiger partial charge in [0.25, 0.3) is 0 Å². The van der Waals surface area contributed by atoms with Gasteiger partial charge in [-0.05, 0) is 42.0 Å². The Balaban J connectivity index is 2.37. The largest absolute Gasteiger partial charge is 0.508 e. The number of hydrogen-bond donors (Lipinski definition) is 1. The number of ether oxygens (including phenoxy) is 1. The molecule has 0 aliphatic heterocycles. The lowest BCUT2D eigenvalue weighted by Gasteiger charge is -2.05. The maximum absolute atomic E-state index is 11.3. The molecule has 0 saturated heterocycles. The summed E-state index contributed by atoms with van der Waals surface area (Å²) in [5.41, 5.74) is 0.348. The van der Waals surface area contributed by atoms with Crippen molar-refractivity contribution in [2.75, 3.05) is 0 Å². The van der Waals surface area contributed by atoms with E-state index in [2.05, 4.69) is 6.58 Å². The standard InChI is InChI=1S/C14H12O3/c1-9(2)14(16)17-13-6-4-10-3-5-12(15)7-11(10)8-13/h3-8,15H,1H2,2H3. The molecule has 0 atom stereocenters. The third kappa shape index (κ3) is 2.45. The van der Waals surface area contributed by atoms with Crippen LogP contribution in [0.2, 0.25) is 0 Å². The minimum atomic E-state index is -0.454. The highest BCUT2D eigenvalue weighted by Crippen LogP contribution is 2.24. The number of rotatable bonds is 2. The van der Waals surface area contributed by atoms with Crippen molar-refractivity contribution in [3.63, 3.8) is 0 Å². The van der Waals surface area contributed by atoms with E-state index in [1.54, 1.807) is 37.3 Å². The number of phenols is 1. The molecular weight excluding hydrogens is 216 g/mol. The summed E-state index contributed by atoms with van der Waals surface area (Å²) in [5, 5.41) is 11.2. The zero-order chi connectivity index (χ0) is 12.4.